The number of hydrogen-bond donors (Lipinski definition) is 1. The van der Waals surface area contributed by atoms with E-state index >= 15 is 0 Å². The molecule has 5 heteroatoms. The summed E-state index contributed by atoms with van der Waals surface area (Å²) in [5.41, 5.74) is 5.70. The SMILES string of the molecule is Cc1ccccc1-c1ccc(COc2ccc3c(cnn3CCC(=O)O)c2)cc1. The van der Waals surface area contributed by atoms with Crippen LogP contribution in [-0.4, -0.2) is 20.9 Å². The predicted molar refractivity (Wildman–Crippen MR) is 113 cm³/mol. The third-order valence-electron chi connectivity index (χ3n) is 4.97. The van der Waals surface area contributed by atoms with Crippen LogP contribution >= 0.6 is 0 Å². The van der Waals surface area contributed by atoms with E-state index in [1.54, 1.807) is 10.9 Å². The Morgan fingerprint density at radius 2 is 1.86 bits per heavy atom. The Labute approximate surface area is 169 Å². The van der Waals surface area contributed by atoms with Crippen molar-refractivity contribution in [2.75, 3.05) is 0 Å². The van der Waals surface area contributed by atoms with Crippen LogP contribution in [0.3, 0.4) is 0 Å². The van der Waals surface area contributed by atoms with Gasteiger partial charge in [-0.05, 0) is 47.4 Å². The molecule has 0 amide bonds. The van der Waals surface area contributed by atoms with E-state index in [4.69, 9.17) is 9.84 Å². The summed E-state index contributed by atoms with van der Waals surface area (Å²) in [5.74, 6) is -0.0692. The molecule has 4 aromatic rings. The normalized spacial score (nSPS) is 10.9. The van der Waals surface area contributed by atoms with E-state index < -0.39 is 5.97 Å². The Balaban J connectivity index is 1.43. The van der Waals surface area contributed by atoms with Gasteiger partial charge in [-0.15, -0.1) is 0 Å². The molecule has 1 aromatic heterocycles. The Bertz CT molecular complexity index is 1150. The molecule has 0 aliphatic heterocycles. The minimum Gasteiger partial charge on any atom is -0.489 e. The lowest BCUT2D eigenvalue weighted by atomic mass is 10.00. The first-order valence-electron chi connectivity index (χ1n) is 9.55. The van der Waals surface area contributed by atoms with Crippen LogP contribution in [0.15, 0.2) is 72.9 Å². The van der Waals surface area contributed by atoms with E-state index in [1.807, 2.05) is 24.3 Å². The molecular formula is C24H22N2O3. The summed E-state index contributed by atoms with van der Waals surface area (Å²) < 4.78 is 7.65. The number of benzene rings is 3. The highest BCUT2D eigenvalue weighted by atomic mass is 16.5. The van der Waals surface area contributed by atoms with Gasteiger partial charge in [-0.2, -0.15) is 5.10 Å². The fourth-order valence-electron chi connectivity index (χ4n) is 3.38. The van der Waals surface area contributed by atoms with Crippen molar-refractivity contribution in [2.24, 2.45) is 0 Å². The largest absolute Gasteiger partial charge is 0.489 e. The van der Waals surface area contributed by atoms with Gasteiger partial charge in [0.1, 0.15) is 12.4 Å². The first-order valence-corrected chi connectivity index (χ1v) is 9.55. The summed E-state index contributed by atoms with van der Waals surface area (Å²) in [6, 6.07) is 22.5. The van der Waals surface area contributed by atoms with E-state index in [-0.39, 0.29) is 6.42 Å². The molecule has 4 rings (SSSR count). The van der Waals surface area contributed by atoms with Gasteiger partial charge in [0.15, 0.2) is 0 Å². The summed E-state index contributed by atoms with van der Waals surface area (Å²) in [6.45, 7) is 2.95. The molecule has 29 heavy (non-hydrogen) atoms. The van der Waals surface area contributed by atoms with Crippen molar-refractivity contribution in [1.29, 1.82) is 0 Å². The van der Waals surface area contributed by atoms with Crippen LogP contribution in [0.2, 0.25) is 0 Å². The number of nitrogens with zero attached hydrogens (tertiary/aromatic N) is 2. The van der Waals surface area contributed by atoms with Gasteiger partial charge < -0.3 is 9.84 Å². The molecule has 0 aliphatic carbocycles. The molecule has 0 spiro atoms. The molecule has 0 bridgehead atoms. The number of rotatable bonds is 7. The number of carbonyl (C=O) groups is 1. The number of hydrogen-bond acceptors (Lipinski definition) is 3. The van der Waals surface area contributed by atoms with Crippen molar-refractivity contribution >= 4 is 16.9 Å². The Kier molecular flexibility index (Phi) is 5.29. The molecule has 0 radical (unpaired) electrons. The van der Waals surface area contributed by atoms with Crippen LogP contribution in [0.5, 0.6) is 5.75 Å². The Morgan fingerprint density at radius 1 is 1.07 bits per heavy atom. The molecule has 1 N–H and O–H groups in total. The molecule has 0 saturated carbocycles. The summed E-state index contributed by atoms with van der Waals surface area (Å²) in [6.07, 6.45) is 1.79. The lowest BCUT2D eigenvalue weighted by Crippen LogP contribution is -2.05. The molecule has 0 fully saturated rings. The van der Waals surface area contributed by atoms with Crippen LogP contribution < -0.4 is 4.74 Å². The first kappa shape index (κ1) is 18.7. The van der Waals surface area contributed by atoms with Crippen LogP contribution in [0.25, 0.3) is 22.0 Å². The van der Waals surface area contributed by atoms with Gasteiger partial charge >= 0.3 is 5.97 Å². The number of carboxylic acid groups (broad SMARTS) is 1. The fraction of sp³-hybridized carbons (Fsp3) is 0.167. The lowest BCUT2D eigenvalue weighted by Gasteiger charge is -2.09. The maximum atomic E-state index is 10.8. The second kappa shape index (κ2) is 8.19. The van der Waals surface area contributed by atoms with E-state index in [0.29, 0.717) is 13.2 Å². The highest BCUT2D eigenvalue weighted by Crippen LogP contribution is 2.25. The standard InChI is InChI=1S/C24H22N2O3/c1-17-4-2-3-5-22(17)19-8-6-18(7-9-19)16-29-21-10-11-23-20(14-21)15-25-26(23)13-12-24(27)28/h2-11,14-15H,12-13,16H2,1H3,(H,27,28). The molecular weight excluding hydrogens is 364 g/mol. The topological polar surface area (TPSA) is 64.4 Å². The minimum atomic E-state index is -0.831. The van der Waals surface area contributed by atoms with Crippen LogP contribution in [0, 0.1) is 6.92 Å². The van der Waals surface area contributed by atoms with Crippen LogP contribution in [0.1, 0.15) is 17.5 Å². The van der Waals surface area contributed by atoms with Crippen molar-refractivity contribution in [3.05, 3.63) is 84.1 Å². The second-order valence-corrected chi connectivity index (χ2v) is 7.03. The third kappa shape index (κ3) is 4.29. The average Bonchev–Trinajstić information content (AvgIpc) is 3.14. The van der Waals surface area contributed by atoms with Gasteiger partial charge in [-0.1, -0.05) is 48.5 Å². The number of aliphatic carboxylic acids is 1. The van der Waals surface area contributed by atoms with Gasteiger partial charge in [-0.3, -0.25) is 9.48 Å². The molecule has 0 atom stereocenters. The molecule has 0 unspecified atom stereocenters. The Morgan fingerprint density at radius 3 is 2.62 bits per heavy atom. The van der Waals surface area contributed by atoms with Gasteiger partial charge in [0, 0.05) is 5.39 Å². The Hall–Kier alpha value is -3.60. The smallest absolute Gasteiger partial charge is 0.305 e. The number of aromatic nitrogens is 2. The zero-order valence-corrected chi connectivity index (χ0v) is 16.2. The summed E-state index contributed by atoms with van der Waals surface area (Å²) in [4.78, 5) is 10.8. The summed E-state index contributed by atoms with van der Waals surface area (Å²) >= 11 is 0. The van der Waals surface area contributed by atoms with Gasteiger partial charge in [0.05, 0.1) is 24.7 Å². The number of fused-ring (bicyclic) bond motifs is 1. The molecule has 0 aliphatic rings. The van der Waals surface area contributed by atoms with E-state index in [1.165, 1.54) is 16.7 Å². The molecule has 3 aromatic carbocycles. The first-order chi connectivity index (χ1) is 14.1. The predicted octanol–water partition coefficient (Wildman–Crippen LogP) is 5.07. The molecule has 146 valence electrons. The summed E-state index contributed by atoms with van der Waals surface area (Å²) in [7, 11) is 0. The van der Waals surface area contributed by atoms with Crippen molar-refractivity contribution < 1.29 is 14.6 Å². The molecule has 0 saturated heterocycles. The maximum Gasteiger partial charge on any atom is 0.305 e. The van der Waals surface area contributed by atoms with Gasteiger partial charge in [-0.25, -0.2) is 0 Å². The monoisotopic (exact) mass is 386 g/mol. The summed E-state index contributed by atoms with van der Waals surface area (Å²) in [5, 5.41) is 14.0. The van der Waals surface area contributed by atoms with E-state index in [2.05, 4.69) is 54.5 Å². The van der Waals surface area contributed by atoms with Crippen LogP contribution in [-0.2, 0) is 17.9 Å². The van der Waals surface area contributed by atoms with Crippen molar-refractivity contribution in [3.8, 4) is 16.9 Å². The lowest BCUT2D eigenvalue weighted by molar-refractivity contribution is -0.137. The highest BCUT2D eigenvalue weighted by molar-refractivity contribution is 5.80. The van der Waals surface area contributed by atoms with Crippen LogP contribution in [0.4, 0.5) is 0 Å². The van der Waals surface area contributed by atoms with Crippen molar-refractivity contribution in [2.45, 2.75) is 26.5 Å². The highest BCUT2D eigenvalue weighted by Gasteiger charge is 2.07. The van der Waals surface area contributed by atoms with Gasteiger partial charge in [0.25, 0.3) is 0 Å². The zero-order chi connectivity index (χ0) is 20.2. The number of ether oxygens (including phenoxy) is 1. The zero-order valence-electron chi connectivity index (χ0n) is 16.2. The number of aryl methyl sites for hydroxylation is 2. The van der Waals surface area contributed by atoms with E-state index in [0.717, 1.165) is 22.2 Å². The maximum absolute atomic E-state index is 10.8. The van der Waals surface area contributed by atoms with Gasteiger partial charge in [0.2, 0.25) is 0 Å². The molecule has 1 heterocycles. The fourth-order valence-corrected chi connectivity index (χ4v) is 3.38. The third-order valence-corrected chi connectivity index (χ3v) is 4.97. The number of carboxylic acids is 1. The second-order valence-electron chi connectivity index (χ2n) is 7.03. The quantitative estimate of drug-likeness (QED) is 0.482. The van der Waals surface area contributed by atoms with Crippen molar-refractivity contribution in [3.63, 3.8) is 0 Å². The minimum absolute atomic E-state index is 0.0491. The van der Waals surface area contributed by atoms with Crippen molar-refractivity contribution in [1.82, 2.24) is 9.78 Å². The average molecular weight is 386 g/mol. The van der Waals surface area contributed by atoms with E-state index in [9.17, 15) is 4.79 Å². The molecule has 5 nitrogen and oxygen atoms in total.